The molecule has 6 heteroatoms. The normalized spacial score (nSPS) is 14.6. The lowest BCUT2D eigenvalue weighted by Gasteiger charge is -2.26. The molecule has 0 bridgehead atoms. The Hall–Kier alpha value is -3.41. The third kappa shape index (κ3) is 2.97. The van der Waals surface area contributed by atoms with E-state index in [4.69, 9.17) is 0 Å². The molecule has 0 saturated carbocycles. The van der Waals surface area contributed by atoms with Gasteiger partial charge in [0, 0.05) is 29.6 Å². The summed E-state index contributed by atoms with van der Waals surface area (Å²) in [4.78, 5) is 43.2. The van der Waals surface area contributed by atoms with Crippen LogP contribution in [0.5, 0.6) is 0 Å². The summed E-state index contributed by atoms with van der Waals surface area (Å²) in [6, 6.07) is 13.4. The van der Waals surface area contributed by atoms with Crippen molar-refractivity contribution in [3.8, 4) is 0 Å². The van der Waals surface area contributed by atoms with E-state index < -0.39 is 17.9 Å². The van der Waals surface area contributed by atoms with Gasteiger partial charge in [0.2, 0.25) is 5.91 Å². The molecule has 3 amide bonds. The van der Waals surface area contributed by atoms with Crippen molar-refractivity contribution in [1.29, 1.82) is 0 Å². The van der Waals surface area contributed by atoms with Gasteiger partial charge < -0.3 is 10.3 Å². The molecule has 6 nitrogen and oxygen atoms in total. The SMILES string of the molecule is CC(C)NC(=O)C(Cc1c[nH]c2ccccc12)N1C(=O)c2ccccc2C1=O. The molecule has 1 aromatic heterocycles. The number of para-hydroxylation sites is 1. The van der Waals surface area contributed by atoms with Gasteiger partial charge in [-0.05, 0) is 37.6 Å². The minimum Gasteiger partial charge on any atom is -0.361 e. The van der Waals surface area contributed by atoms with Gasteiger partial charge in [0.15, 0.2) is 0 Å². The molecular formula is C22H21N3O3. The number of rotatable bonds is 5. The zero-order valence-electron chi connectivity index (χ0n) is 15.7. The average molecular weight is 375 g/mol. The fraction of sp³-hybridized carbons (Fsp3) is 0.227. The number of nitrogens with one attached hydrogen (secondary N) is 2. The van der Waals surface area contributed by atoms with Crippen LogP contribution in [-0.4, -0.2) is 39.7 Å². The summed E-state index contributed by atoms with van der Waals surface area (Å²) in [6.45, 7) is 3.70. The highest BCUT2D eigenvalue weighted by atomic mass is 16.2. The van der Waals surface area contributed by atoms with E-state index in [9.17, 15) is 14.4 Å². The van der Waals surface area contributed by atoms with Crippen LogP contribution in [-0.2, 0) is 11.2 Å². The van der Waals surface area contributed by atoms with Crippen LogP contribution >= 0.6 is 0 Å². The van der Waals surface area contributed by atoms with Gasteiger partial charge in [0.05, 0.1) is 11.1 Å². The molecule has 28 heavy (non-hydrogen) atoms. The molecule has 1 aliphatic heterocycles. The number of aromatic amines is 1. The number of fused-ring (bicyclic) bond motifs is 2. The fourth-order valence-corrected chi connectivity index (χ4v) is 3.68. The minimum atomic E-state index is -0.922. The molecule has 0 fully saturated rings. The smallest absolute Gasteiger partial charge is 0.262 e. The predicted molar refractivity (Wildman–Crippen MR) is 106 cm³/mol. The van der Waals surface area contributed by atoms with Gasteiger partial charge >= 0.3 is 0 Å². The Morgan fingerprint density at radius 1 is 1.00 bits per heavy atom. The van der Waals surface area contributed by atoms with Crippen molar-refractivity contribution in [2.45, 2.75) is 32.4 Å². The molecule has 0 saturated heterocycles. The highest BCUT2D eigenvalue weighted by Gasteiger charge is 2.42. The van der Waals surface area contributed by atoms with E-state index in [2.05, 4.69) is 10.3 Å². The average Bonchev–Trinajstić information content (AvgIpc) is 3.19. The second-order valence-electron chi connectivity index (χ2n) is 7.27. The van der Waals surface area contributed by atoms with Crippen molar-refractivity contribution < 1.29 is 14.4 Å². The lowest BCUT2D eigenvalue weighted by atomic mass is 10.0. The number of nitrogens with zero attached hydrogens (tertiary/aromatic N) is 1. The second-order valence-corrected chi connectivity index (χ2v) is 7.27. The zero-order chi connectivity index (χ0) is 19.8. The highest BCUT2D eigenvalue weighted by Crippen LogP contribution is 2.27. The van der Waals surface area contributed by atoms with Gasteiger partial charge in [-0.25, -0.2) is 0 Å². The van der Waals surface area contributed by atoms with Gasteiger partial charge in [-0.1, -0.05) is 30.3 Å². The summed E-state index contributed by atoms with van der Waals surface area (Å²) in [7, 11) is 0. The zero-order valence-corrected chi connectivity index (χ0v) is 15.7. The van der Waals surface area contributed by atoms with Gasteiger partial charge in [-0.3, -0.25) is 19.3 Å². The number of carbonyl (C=O) groups excluding carboxylic acids is 3. The summed E-state index contributed by atoms with van der Waals surface area (Å²) in [5.41, 5.74) is 2.52. The molecule has 3 aromatic rings. The lowest BCUT2D eigenvalue weighted by Crippen LogP contribution is -2.52. The topological polar surface area (TPSA) is 82.3 Å². The molecule has 2 heterocycles. The van der Waals surface area contributed by atoms with Crippen molar-refractivity contribution in [1.82, 2.24) is 15.2 Å². The van der Waals surface area contributed by atoms with Crippen molar-refractivity contribution in [2.24, 2.45) is 0 Å². The first-order valence-corrected chi connectivity index (χ1v) is 9.29. The van der Waals surface area contributed by atoms with E-state index in [0.29, 0.717) is 11.1 Å². The maximum atomic E-state index is 13.0. The number of aromatic nitrogens is 1. The molecular weight excluding hydrogens is 354 g/mol. The Bertz CT molecular complexity index is 1050. The van der Waals surface area contributed by atoms with Gasteiger partial charge in [-0.2, -0.15) is 0 Å². The molecule has 2 N–H and O–H groups in total. The maximum Gasteiger partial charge on any atom is 0.262 e. The minimum absolute atomic E-state index is 0.104. The fourth-order valence-electron chi connectivity index (χ4n) is 3.68. The summed E-state index contributed by atoms with van der Waals surface area (Å²) < 4.78 is 0. The molecule has 2 aromatic carbocycles. The van der Waals surface area contributed by atoms with Crippen LogP contribution in [0.25, 0.3) is 10.9 Å². The van der Waals surface area contributed by atoms with E-state index in [1.165, 1.54) is 0 Å². The van der Waals surface area contributed by atoms with Crippen LogP contribution in [0.4, 0.5) is 0 Å². The van der Waals surface area contributed by atoms with Crippen molar-refractivity contribution in [3.63, 3.8) is 0 Å². The van der Waals surface area contributed by atoms with Crippen LogP contribution in [0.3, 0.4) is 0 Å². The maximum absolute atomic E-state index is 13.0. The van der Waals surface area contributed by atoms with Crippen LogP contribution in [0, 0.1) is 0 Å². The first kappa shape index (κ1) is 18.0. The van der Waals surface area contributed by atoms with Crippen LogP contribution in [0.15, 0.2) is 54.7 Å². The predicted octanol–water partition coefficient (Wildman–Crippen LogP) is 2.90. The Balaban J connectivity index is 1.73. The highest BCUT2D eigenvalue weighted by molar-refractivity contribution is 6.22. The molecule has 1 unspecified atom stereocenters. The molecule has 1 aliphatic rings. The number of benzene rings is 2. The molecule has 1 atom stereocenters. The van der Waals surface area contributed by atoms with Crippen molar-refractivity contribution in [2.75, 3.05) is 0 Å². The van der Waals surface area contributed by atoms with E-state index in [0.717, 1.165) is 21.4 Å². The van der Waals surface area contributed by atoms with Gasteiger partial charge in [0.1, 0.15) is 6.04 Å². The Morgan fingerprint density at radius 2 is 1.61 bits per heavy atom. The van der Waals surface area contributed by atoms with Crippen molar-refractivity contribution in [3.05, 3.63) is 71.4 Å². The molecule has 142 valence electrons. The summed E-state index contributed by atoms with van der Waals surface area (Å²) >= 11 is 0. The number of carbonyl (C=O) groups is 3. The Kier molecular flexibility index (Phi) is 4.47. The summed E-state index contributed by atoms with van der Waals surface area (Å²) in [5, 5.41) is 3.83. The van der Waals surface area contributed by atoms with Crippen molar-refractivity contribution >= 4 is 28.6 Å². The molecule has 0 aliphatic carbocycles. The number of hydrogen-bond acceptors (Lipinski definition) is 3. The molecule has 0 spiro atoms. The summed E-state index contributed by atoms with van der Waals surface area (Å²) in [6.07, 6.45) is 2.08. The van der Waals surface area contributed by atoms with E-state index >= 15 is 0 Å². The Morgan fingerprint density at radius 3 is 2.25 bits per heavy atom. The summed E-state index contributed by atoms with van der Waals surface area (Å²) in [5.74, 6) is -1.19. The van der Waals surface area contributed by atoms with E-state index in [1.54, 1.807) is 24.3 Å². The van der Waals surface area contributed by atoms with Crippen LogP contribution in [0.1, 0.15) is 40.1 Å². The molecule has 4 rings (SSSR count). The van der Waals surface area contributed by atoms with E-state index in [-0.39, 0.29) is 18.4 Å². The largest absolute Gasteiger partial charge is 0.361 e. The standard InChI is InChI=1S/C22H21N3O3/c1-13(2)24-20(26)19(11-14-12-23-18-10-6-5-7-15(14)18)25-21(27)16-8-3-4-9-17(16)22(25)28/h3-10,12-13,19,23H,11H2,1-2H3,(H,24,26). The van der Waals surface area contributed by atoms with E-state index in [1.807, 2.05) is 44.3 Å². The monoisotopic (exact) mass is 375 g/mol. The third-order valence-electron chi connectivity index (χ3n) is 4.96. The quantitative estimate of drug-likeness (QED) is 0.673. The molecule has 0 radical (unpaired) electrons. The lowest BCUT2D eigenvalue weighted by molar-refractivity contribution is -0.125. The third-order valence-corrected chi connectivity index (χ3v) is 4.96. The van der Waals surface area contributed by atoms with Crippen LogP contribution < -0.4 is 5.32 Å². The first-order valence-electron chi connectivity index (χ1n) is 9.29. The number of imide groups is 1. The number of hydrogen-bond donors (Lipinski definition) is 2. The number of H-pyrrole nitrogens is 1. The first-order chi connectivity index (χ1) is 13.5. The second kappa shape index (κ2) is 6.96. The Labute approximate surface area is 162 Å². The van der Waals surface area contributed by atoms with Gasteiger partial charge in [0.25, 0.3) is 11.8 Å². The number of amides is 3. The van der Waals surface area contributed by atoms with Crippen LogP contribution in [0.2, 0.25) is 0 Å². The van der Waals surface area contributed by atoms with Gasteiger partial charge in [-0.15, -0.1) is 0 Å².